The number of anilines is 3. The second-order valence-electron chi connectivity index (χ2n) is 17.5. The summed E-state index contributed by atoms with van der Waals surface area (Å²) in [6.45, 7) is 0. The first-order valence-electron chi connectivity index (χ1n) is 23.2. The van der Waals surface area contributed by atoms with Crippen molar-refractivity contribution < 1.29 is 0 Å². The largest absolute Gasteiger partial charge is 0.310 e. The van der Waals surface area contributed by atoms with Gasteiger partial charge in [0.15, 0.2) is 17.5 Å². The summed E-state index contributed by atoms with van der Waals surface area (Å²) in [5, 5.41) is 0. The van der Waals surface area contributed by atoms with Gasteiger partial charge < -0.3 is 4.90 Å². The van der Waals surface area contributed by atoms with Gasteiger partial charge in [-0.1, -0.05) is 231 Å². The lowest BCUT2D eigenvalue weighted by molar-refractivity contribution is 0.753. The zero-order valence-electron chi connectivity index (χ0n) is 37.0. The third-order valence-corrected chi connectivity index (χ3v) is 13.8. The molecule has 10 aromatic carbocycles. The quantitative estimate of drug-likeness (QED) is 0.160. The summed E-state index contributed by atoms with van der Waals surface area (Å²) in [5.74, 6) is 1.87. The van der Waals surface area contributed by atoms with Crippen LogP contribution in [0.2, 0.25) is 0 Å². The molecular formula is C64H42N4. The van der Waals surface area contributed by atoms with E-state index in [9.17, 15) is 0 Å². The molecule has 318 valence electrons. The highest BCUT2D eigenvalue weighted by Crippen LogP contribution is 2.63. The zero-order valence-corrected chi connectivity index (χ0v) is 37.0. The lowest BCUT2D eigenvalue weighted by Crippen LogP contribution is -2.36. The van der Waals surface area contributed by atoms with E-state index in [1.807, 2.05) is 12.1 Å². The van der Waals surface area contributed by atoms with Crippen LogP contribution in [-0.2, 0) is 5.41 Å². The van der Waals surface area contributed by atoms with Crippen LogP contribution >= 0.6 is 0 Å². The van der Waals surface area contributed by atoms with Crippen molar-refractivity contribution in [2.75, 3.05) is 4.90 Å². The van der Waals surface area contributed by atoms with Crippen molar-refractivity contribution in [3.05, 3.63) is 277 Å². The minimum atomic E-state index is -0.495. The van der Waals surface area contributed by atoms with E-state index in [0.29, 0.717) is 17.5 Å². The lowest BCUT2D eigenvalue weighted by Gasteiger charge is -2.45. The second kappa shape index (κ2) is 16.2. The second-order valence-corrected chi connectivity index (χ2v) is 17.5. The number of nitrogens with zero attached hydrogens (tertiary/aromatic N) is 4. The van der Waals surface area contributed by atoms with Crippen LogP contribution < -0.4 is 4.90 Å². The molecule has 1 aromatic heterocycles. The molecule has 0 N–H and O–H groups in total. The molecule has 0 saturated heterocycles. The molecule has 11 aromatic rings. The molecule has 1 aliphatic carbocycles. The molecule has 0 saturated carbocycles. The molecule has 13 rings (SSSR count). The van der Waals surface area contributed by atoms with Gasteiger partial charge in [0, 0.05) is 22.4 Å². The molecule has 0 atom stereocenters. The van der Waals surface area contributed by atoms with Crippen LogP contribution in [0.15, 0.2) is 255 Å². The van der Waals surface area contributed by atoms with E-state index < -0.39 is 5.41 Å². The normalized spacial score (nSPS) is 12.8. The van der Waals surface area contributed by atoms with Crippen molar-refractivity contribution in [2.45, 2.75) is 5.41 Å². The van der Waals surface area contributed by atoms with Gasteiger partial charge in [0.25, 0.3) is 0 Å². The summed E-state index contributed by atoms with van der Waals surface area (Å²) in [4.78, 5) is 17.8. The Morgan fingerprint density at radius 2 is 0.588 bits per heavy atom. The molecule has 1 aliphatic heterocycles. The number of fused-ring (bicyclic) bond motifs is 9. The molecule has 0 fully saturated rings. The molecule has 0 amide bonds. The van der Waals surface area contributed by atoms with E-state index in [1.165, 1.54) is 50.2 Å². The third-order valence-electron chi connectivity index (χ3n) is 13.8. The summed E-state index contributed by atoms with van der Waals surface area (Å²) < 4.78 is 0. The van der Waals surface area contributed by atoms with Crippen LogP contribution in [0.5, 0.6) is 0 Å². The van der Waals surface area contributed by atoms with Crippen LogP contribution in [0.3, 0.4) is 0 Å². The number of aromatic nitrogens is 3. The van der Waals surface area contributed by atoms with E-state index >= 15 is 0 Å². The fraction of sp³-hybridized carbons (Fsp3) is 0.0156. The van der Waals surface area contributed by atoms with Gasteiger partial charge in [0.2, 0.25) is 0 Å². The first-order chi connectivity index (χ1) is 33.7. The first-order valence-corrected chi connectivity index (χ1v) is 23.2. The molecule has 4 nitrogen and oxygen atoms in total. The smallest absolute Gasteiger partial charge is 0.164 e. The summed E-state index contributed by atoms with van der Waals surface area (Å²) in [7, 11) is 0. The van der Waals surface area contributed by atoms with Gasteiger partial charge >= 0.3 is 0 Å². The predicted molar refractivity (Wildman–Crippen MR) is 278 cm³/mol. The summed E-state index contributed by atoms with van der Waals surface area (Å²) >= 11 is 0. The van der Waals surface area contributed by atoms with Crippen molar-refractivity contribution in [3.63, 3.8) is 0 Å². The Hall–Kier alpha value is -8.99. The summed E-state index contributed by atoms with van der Waals surface area (Å²) in [6.07, 6.45) is 0. The van der Waals surface area contributed by atoms with E-state index in [2.05, 4.69) is 248 Å². The first kappa shape index (κ1) is 39.4. The maximum atomic E-state index is 5.14. The Bertz CT molecular complexity index is 3500. The molecule has 0 radical (unpaired) electrons. The molecule has 4 heteroatoms. The SMILES string of the molecule is c1ccc(-c2ccc(-c3nc(-c4ccc(-c5ccccc5)cc4)nc(-c4ccc(-c5ccc6c(c5)N(c5ccccc5)c5ccccc5C65c6ccccc6-c6ccccc65)cc4)n3)cc2)cc1. The Labute approximate surface area is 396 Å². The number of rotatable bonds is 7. The van der Waals surface area contributed by atoms with Crippen LogP contribution in [0.1, 0.15) is 22.3 Å². The van der Waals surface area contributed by atoms with Gasteiger partial charge in [0.05, 0.1) is 16.8 Å². The topological polar surface area (TPSA) is 41.9 Å². The van der Waals surface area contributed by atoms with Gasteiger partial charge in [-0.05, 0) is 91.0 Å². The third kappa shape index (κ3) is 6.41. The van der Waals surface area contributed by atoms with E-state index in [0.717, 1.165) is 50.3 Å². The maximum Gasteiger partial charge on any atom is 0.164 e. The minimum Gasteiger partial charge on any atom is -0.310 e. The maximum absolute atomic E-state index is 5.14. The average Bonchev–Trinajstić information content (AvgIpc) is 3.72. The number of para-hydroxylation sites is 2. The summed E-state index contributed by atoms with van der Waals surface area (Å²) in [5.41, 5.74) is 20.3. The Kier molecular flexibility index (Phi) is 9.36. The van der Waals surface area contributed by atoms with Crippen molar-refractivity contribution in [2.24, 2.45) is 0 Å². The van der Waals surface area contributed by atoms with Crippen LogP contribution in [0, 0.1) is 0 Å². The molecule has 2 aliphatic rings. The minimum absolute atomic E-state index is 0.495. The van der Waals surface area contributed by atoms with Crippen molar-refractivity contribution in [1.82, 2.24) is 15.0 Å². The molecule has 0 bridgehead atoms. The Morgan fingerprint density at radius 3 is 1.07 bits per heavy atom. The monoisotopic (exact) mass is 866 g/mol. The standard InChI is InChI=1S/C64H42N4/c1-4-16-43(17-5-1)45-28-34-48(35-29-45)61-65-62(49-36-30-46(31-37-49)44-18-6-2-7-19-44)67-63(66-61)50-38-32-47(33-39-50)51-40-41-58-60(42-51)68(52-20-8-3-9-21-52)59-27-15-14-26-57(59)64(58)55-24-12-10-22-53(55)54-23-11-13-25-56(54)64/h1-42H. The fourth-order valence-electron chi connectivity index (χ4n) is 10.6. The highest BCUT2D eigenvalue weighted by atomic mass is 15.2. The zero-order chi connectivity index (χ0) is 45.0. The number of hydrogen-bond acceptors (Lipinski definition) is 4. The average molecular weight is 867 g/mol. The molecule has 1 spiro atoms. The van der Waals surface area contributed by atoms with Crippen molar-refractivity contribution >= 4 is 17.1 Å². The Morgan fingerprint density at radius 1 is 0.250 bits per heavy atom. The molecule has 2 heterocycles. The fourth-order valence-corrected chi connectivity index (χ4v) is 10.6. The van der Waals surface area contributed by atoms with Crippen LogP contribution in [-0.4, -0.2) is 15.0 Å². The predicted octanol–water partition coefficient (Wildman–Crippen LogP) is 16.0. The van der Waals surface area contributed by atoms with Gasteiger partial charge in [0.1, 0.15) is 0 Å². The number of hydrogen-bond donors (Lipinski definition) is 0. The van der Waals surface area contributed by atoms with Crippen molar-refractivity contribution in [1.29, 1.82) is 0 Å². The van der Waals surface area contributed by atoms with E-state index in [1.54, 1.807) is 0 Å². The van der Waals surface area contributed by atoms with Gasteiger partial charge in [-0.25, -0.2) is 15.0 Å². The number of benzene rings is 10. The van der Waals surface area contributed by atoms with Crippen LogP contribution in [0.25, 0.3) is 78.7 Å². The summed E-state index contributed by atoms with van der Waals surface area (Å²) in [6, 6.07) is 91.2. The van der Waals surface area contributed by atoms with E-state index in [-0.39, 0.29) is 0 Å². The molecule has 0 unspecified atom stereocenters. The molecule has 68 heavy (non-hydrogen) atoms. The highest BCUT2D eigenvalue weighted by Gasteiger charge is 2.51. The van der Waals surface area contributed by atoms with E-state index in [4.69, 9.17) is 15.0 Å². The molecular weight excluding hydrogens is 825 g/mol. The van der Waals surface area contributed by atoms with Gasteiger partial charge in [-0.3, -0.25) is 0 Å². The highest BCUT2D eigenvalue weighted by molar-refractivity contribution is 5.97. The van der Waals surface area contributed by atoms with Gasteiger partial charge in [-0.2, -0.15) is 0 Å². The Balaban J connectivity index is 0.926. The van der Waals surface area contributed by atoms with Crippen molar-refractivity contribution in [3.8, 4) is 78.7 Å². The van der Waals surface area contributed by atoms with Crippen LogP contribution in [0.4, 0.5) is 17.1 Å². The lowest BCUT2D eigenvalue weighted by atomic mass is 9.64. The van der Waals surface area contributed by atoms with Gasteiger partial charge in [-0.15, -0.1) is 0 Å².